The molecule has 0 aromatic heterocycles. The molecule has 48 heavy (non-hydrogen) atoms. The summed E-state index contributed by atoms with van der Waals surface area (Å²) in [5, 5.41) is 58.8. The fraction of sp³-hybridized carbons (Fsp3) is 1.00. The molecule has 9 aliphatic rings. The molecule has 0 spiro atoms. The first kappa shape index (κ1) is 32.9. The Bertz CT molecular complexity index is 929. The van der Waals surface area contributed by atoms with Crippen LogP contribution in [0.2, 0.25) is 0 Å². The summed E-state index contributed by atoms with van der Waals surface area (Å²) in [4.78, 5) is 0. The maximum atomic E-state index is 6.43. The summed E-state index contributed by atoms with van der Waals surface area (Å²) < 4.78 is 0. The van der Waals surface area contributed by atoms with Crippen molar-refractivity contribution < 1.29 is 0 Å². The molecule has 9 rings (SSSR count). The van der Waals surface area contributed by atoms with Crippen LogP contribution in [-0.4, -0.2) is 147 Å². The Labute approximate surface area is 278 Å². The van der Waals surface area contributed by atoms with Gasteiger partial charge in [0.15, 0.2) is 0 Å². The fourth-order valence-electron chi connectivity index (χ4n) is 9.46. The monoisotopic (exact) mass is 681 g/mol. The lowest BCUT2D eigenvalue weighted by molar-refractivity contribution is 0.170. The van der Waals surface area contributed by atoms with Gasteiger partial charge in [-0.2, -0.15) is 0 Å². The van der Waals surface area contributed by atoms with Gasteiger partial charge in [-0.05, 0) is 0 Å². The van der Waals surface area contributed by atoms with Crippen molar-refractivity contribution in [1.29, 1.82) is 0 Å². The Balaban J connectivity index is 1.07. The van der Waals surface area contributed by atoms with Crippen molar-refractivity contribution in [3.05, 3.63) is 0 Å². The van der Waals surface area contributed by atoms with Gasteiger partial charge in [0.2, 0.25) is 0 Å². The highest BCUT2D eigenvalue weighted by Gasteiger charge is 2.57. The molecule has 9 aliphatic heterocycles. The first-order valence-electron chi connectivity index (χ1n) is 17.2. The largest absolute Gasteiger partial charge is 0.313 e. The Morgan fingerprint density at radius 3 is 0.375 bits per heavy atom. The van der Waals surface area contributed by atoms with Crippen molar-refractivity contribution in [2.75, 3.05) is 0 Å². The molecule has 9 heterocycles. The molecule has 0 radical (unpaired) electrons. The lowest BCUT2D eigenvalue weighted by Crippen LogP contribution is -2.77. The number of hydrogen-bond acceptors (Lipinski definition) is 24. The molecule has 24 nitrogen and oxygen atoms in total. The van der Waals surface area contributed by atoms with Crippen LogP contribution >= 0.6 is 0 Å². The van der Waals surface area contributed by atoms with E-state index in [1.54, 1.807) is 0 Å². The number of nitrogens with one attached hydrogen (secondary N) is 16. The van der Waals surface area contributed by atoms with Crippen molar-refractivity contribution in [3.63, 3.8) is 0 Å². The molecule has 24 heteroatoms. The second-order valence-electron chi connectivity index (χ2n) is 14.9. The third-order valence-electron chi connectivity index (χ3n) is 11.9. The van der Waals surface area contributed by atoms with Gasteiger partial charge in [-0.15, -0.1) is 0 Å². The van der Waals surface area contributed by atoms with E-state index in [1.165, 1.54) is 0 Å². The van der Waals surface area contributed by atoms with Crippen molar-refractivity contribution in [1.82, 2.24) is 85.1 Å². The molecule has 272 valence electrons. The minimum absolute atomic E-state index is 0.117. The second-order valence-corrected chi connectivity index (χ2v) is 14.9. The normalized spacial score (nSPS) is 62.5. The van der Waals surface area contributed by atoms with Gasteiger partial charge in [0, 0.05) is 0 Å². The SMILES string of the molecule is NC1NC2C3NC(NC4NC(NC5NC(NC6NC(N3)C3NC(N)C(N)NC63)C3NC(N)C(N)NC53)C3NC(N)C(N)NC43)C2NC1N. The first-order valence-corrected chi connectivity index (χ1v) is 17.2. The number of hydrogen-bond donors (Lipinski definition) is 24. The highest BCUT2D eigenvalue weighted by molar-refractivity contribution is 5.19. The highest BCUT2D eigenvalue weighted by Crippen LogP contribution is 2.26. The van der Waals surface area contributed by atoms with Crippen molar-refractivity contribution in [2.24, 2.45) is 45.9 Å². The van der Waals surface area contributed by atoms with E-state index < -0.39 is 49.3 Å². The Hall–Kier alpha value is -0.960. The topological polar surface area (TPSA) is 401 Å². The van der Waals surface area contributed by atoms with Crippen LogP contribution in [0.1, 0.15) is 0 Å². The van der Waals surface area contributed by atoms with E-state index in [2.05, 4.69) is 85.1 Å². The molecule has 16 atom stereocenters. The van der Waals surface area contributed by atoms with E-state index in [1.807, 2.05) is 0 Å². The summed E-state index contributed by atoms with van der Waals surface area (Å²) in [5.41, 5.74) is 51.4. The van der Waals surface area contributed by atoms with Gasteiger partial charge in [-0.3, -0.25) is 85.1 Å². The molecule has 0 aromatic carbocycles. The van der Waals surface area contributed by atoms with Gasteiger partial charge in [0.1, 0.15) is 0 Å². The van der Waals surface area contributed by atoms with E-state index in [0.29, 0.717) is 0 Å². The van der Waals surface area contributed by atoms with Crippen molar-refractivity contribution in [3.8, 4) is 0 Å². The lowest BCUT2D eigenvalue weighted by atomic mass is 9.99. The number of nitrogens with two attached hydrogens (primary N) is 8. The van der Waals surface area contributed by atoms with Gasteiger partial charge in [-0.25, -0.2) is 0 Å². The summed E-state index contributed by atoms with van der Waals surface area (Å²) in [6.45, 7) is 0. The summed E-state index contributed by atoms with van der Waals surface area (Å²) in [6.07, 6.45) is -5.33. The average Bonchev–Trinajstić information content (AvgIpc) is 3.74. The zero-order chi connectivity index (χ0) is 33.2. The zero-order valence-corrected chi connectivity index (χ0v) is 26.5. The summed E-state index contributed by atoms with van der Waals surface area (Å²) in [5.74, 6) is 0. The van der Waals surface area contributed by atoms with E-state index in [0.717, 1.165) is 0 Å². The van der Waals surface area contributed by atoms with Crippen LogP contribution in [0.3, 0.4) is 0 Å². The first-order chi connectivity index (χ1) is 23.0. The molecule has 0 aromatic rings. The molecule has 9 saturated heterocycles. The molecular formula is C24H56N24. The quantitative estimate of drug-likeness (QED) is 0.113. The van der Waals surface area contributed by atoms with Gasteiger partial charge in [0.05, 0.1) is 147 Å². The van der Waals surface area contributed by atoms with Crippen LogP contribution in [0.15, 0.2) is 0 Å². The Morgan fingerprint density at radius 1 is 0.167 bits per heavy atom. The lowest BCUT2D eigenvalue weighted by Gasteiger charge is -2.43. The van der Waals surface area contributed by atoms with Crippen molar-refractivity contribution >= 4 is 0 Å². The third-order valence-corrected chi connectivity index (χ3v) is 11.9. The van der Waals surface area contributed by atoms with Crippen LogP contribution in [0.25, 0.3) is 0 Å². The van der Waals surface area contributed by atoms with Gasteiger partial charge < -0.3 is 45.9 Å². The predicted molar refractivity (Wildman–Crippen MR) is 175 cm³/mol. The molecule has 0 aliphatic carbocycles. The van der Waals surface area contributed by atoms with Gasteiger partial charge in [0.25, 0.3) is 0 Å². The van der Waals surface area contributed by atoms with E-state index in [9.17, 15) is 0 Å². The second kappa shape index (κ2) is 12.3. The molecule has 0 amide bonds. The Morgan fingerprint density at radius 2 is 0.271 bits per heavy atom. The molecule has 16 unspecified atom stereocenters. The fourth-order valence-corrected chi connectivity index (χ4v) is 9.46. The maximum Gasteiger partial charge on any atom is 0.0842 e. The van der Waals surface area contributed by atoms with E-state index >= 15 is 0 Å². The third kappa shape index (κ3) is 5.41. The average molecular weight is 681 g/mol. The maximum absolute atomic E-state index is 6.43. The summed E-state index contributed by atoms with van der Waals surface area (Å²) in [6, 6.07) is -0.936. The number of fused-ring (bicyclic) bond motifs is 20. The van der Waals surface area contributed by atoms with Crippen LogP contribution in [0, 0.1) is 0 Å². The van der Waals surface area contributed by atoms with E-state index in [-0.39, 0.29) is 97.7 Å². The zero-order valence-electron chi connectivity index (χ0n) is 26.5. The molecule has 0 saturated carbocycles. The summed E-state index contributed by atoms with van der Waals surface area (Å²) >= 11 is 0. The van der Waals surface area contributed by atoms with Crippen LogP contribution < -0.4 is 131 Å². The molecule has 9 fully saturated rings. The Kier molecular flexibility index (Phi) is 8.45. The van der Waals surface area contributed by atoms with E-state index in [4.69, 9.17) is 45.9 Å². The van der Waals surface area contributed by atoms with Crippen LogP contribution in [0.5, 0.6) is 0 Å². The van der Waals surface area contributed by atoms with Crippen LogP contribution in [0.4, 0.5) is 0 Å². The predicted octanol–water partition coefficient (Wildman–Crippen LogP) is -14.6. The summed E-state index contributed by atoms with van der Waals surface area (Å²) in [7, 11) is 0. The highest BCUT2D eigenvalue weighted by atomic mass is 15.5. The van der Waals surface area contributed by atoms with Crippen LogP contribution in [-0.2, 0) is 0 Å². The van der Waals surface area contributed by atoms with Gasteiger partial charge in [-0.1, -0.05) is 0 Å². The molecule has 32 N–H and O–H groups in total. The smallest absolute Gasteiger partial charge is 0.0842 e. The van der Waals surface area contributed by atoms with Gasteiger partial charge >= 0.3 is 0 Å². The number of rotatable bonds is 0. The number of piperazine rings is 4. The molecule has 8 bridgehead atoms. The minimum atomic E-state index is -0.443. The molecular weight excluding hydrogens is 624 g/mol. The minimum Gasteiger partial charge on any atom is -0.313 e. The standard InChI is InChI=1S/C24H56N24/c25-9-10(26)34-2-1(33-9)17-41-18(2)46-20-5-6(38-14(30)13(29)37-5)22(43-20)48-24-8-7(39-15(31)16(32)40-8)23(44-24)47-21-4-3(19(42-21)45-17)35-11(27)12(28)36-4/h1-24,33-48H,25-32H2. The van der Waals surface area contributed by atoms with Crippen molar-refractivity contribution in [2.45, 2.75) is 147 Å².